The van der Waals surface area contributed by atoms with E-state index in [1.807, 2.05) is 0 Å². The second-order valence-electron chi connectivity index (χ2n) is 22.1. The van der Waals surface area contributed by atoms with E-state index in [9.17, 15) is 41.1 Å². The van der Waals surface area contributed by atoms with Crippen molar-refractivity contribution in [3.05, 3.63) is 57.5 Å². The van der Waals surface area contributed by atoms with Crippen molar-refractivity contribution in [1.82, 2.24) is 9.44 Å². The van der Waals surface area contributed by atoms with Gasteiger partial charge in [0.25, 0.3) is 0 Å². The van der Waals surface area contributed by atoms with Gasteiger partial charge < -0.3 is 10.8 Å². The van der Waals surface area contributed by atoms with Crippen LogP contribution in [0.15, 0.2) is 67.3 Å². The van der Waals surface area contributed by atoms with Crippen LogP contribution in [0.25, 0.3) is 0 Å². The van der Waals surface area contributed by atoms with E-state index in [2.05, 4.69) is 41.3 Å². The summed E-state index contributed by atoms with van der Waals surface area (Å²) in [6.07, 6.45) is 18.4. The van der Waals surface area contributed by atoms with Gasteiger partial charge >= 0.3 is 5.97 Å². The molecule has 0 spiro atoms. The maximum absolute atomic E-state index is 13.9. The summed E-state index contributed by atoms with van der Waals surface area (Å²) < 4.78 is 57.8. The number of hydrogen-bond donors (Lipinski definition) is 4. The van der Waals surface area contributed by atoms with Crippen LogP contribution >= 0.6 is 44.3 Å². The molecular formula is C51H70Br2ClN3O9S2. The fourth-order valence-corrected chi connectivity index (χ4v) is 19.7. The molecule has 0 aliphatic heterocycles. The van der Waals surface area contributed by atoms with Gasteiger partial charge in [0.05, 0.1) is 15.3 Å². The van der Waals surface area contributed by atoms with E-state index >= 15 is 0 Å². The van der Waals surface area contributed by atoms with Gasteiger partial charge in [0, 0.05) is 32.2 Å². The molecule has 10 fully saturated rings. The lowest BCUT2D eigenvalue weighted by molar-refractivity contribution is -0.151. The highest BCUT2D eigenvalue weighted by Gasteiger charge is 2.59. The van der Waals surface area contributed by atoms with Crippen LogP contribution in [-0.4, -0.2) is 62.4 Å². The molecule has 0 saturated heterocycles. The molecule has 10 saturated carbocycles. The Hall–Kier alpha value is -2.05. The summed E-state index contributed by atoms with van der Waals surface area (Å²) in [7, 11) is -7.71. The van der Waals surface area contributed by atoms with E-state index in [0.29, 0.717) is 101 Å². The van der Waals surface area contributed by atoms with Crippen LogP contribution in [0.1, 0.15) is 149 Å². The van der Waals surface area contributed by atoms with Crippen molar-refractivity contribution in [2.75, 3.05) is 0 Å². The molecule has 0 radical (unpaired) electrons. The number of benzene rings is 2. The Labute approximate surface area is 426 Å². The molecule has 2 aromatic rings. The number of rotatable bonds is 12. The summed E-state index contributed by atoms with van der Waals surface area (Å²) in [5.74, 6) is 3.60. The smallest absolute Gasteiger partial charge is 0.324 e. The summed E-state index contributed by atoms with van der Waals surface area (Å²) in [4.78, 5) is 49.9. The first kappa shape index (κ1) is 53.7. The highest BCUT2D eigenvalue weighted by Crippen LogP contribution is 2.64. The van der Waals surface area contributed by atoms with E-state index in [1.165, 1.54) is 25.3 Å². The van der Waals surface area contributed by atoms with Crippen molar-refractivity contribution < 1.29 is 41.1 Å². The Bertz CT molecular complexity index is 2430. The summed E-state index contributed by atoms with van der Waals surface area (Å²) in [5, 5.41) is 9.43. The van der Waals surface area contributed by atoms with Gasteiger partial charge in [0.1, 0.15) is 17.1 Å². The Morgan fingerprint density at radius 2 is 0.971 bits per heavy atom. The number of carbonyl (C=O) groups is 4. The average Bonchev–Trinajstić information content (AvgIpc) is 3.27. The van der Waals surface area contributed by atoms with Gasteiger partial charge in [-0.3, -0.25) is 19.2 Å². The number of Topliss-reactive ketones (excluding diaryl/α,β-unsaturated/α-hetero) is 3. The number of ketones is 3. The van der Waals surface area contributed by atoms with E-state index in [1.54, 1.807) is 56.3 Å². The minimum Gasteiger partial charge on any atom is -0.480 e. The molecule has 0 aromatic heterocycles. The number of nitrogens with one attached hydrogen (secondary N) is 2. The van der Waals surface area contributed by atoms with Gasteiger partial charge in [-0.05, 0) is 201 Å². The average molecular weight is 1130 g/mol. The molecule has 4 atom stereocenters. The van der Waals surface area contributed by atoms with Crippen LogP contribution < -0.4 is 15.2 Å². The summed E-state index contributed by atoms with van der Waals surface area (Å²) in [5.41, 5.74) is 3.73. The van der Waals surface area contributed by atoms with Gasteiger partial charge in [-0.2, -0.15) is 9.44 Å². The zero-order valence-corrected chi connectivity index (χ0v) is 45.0. The topological polar surface area (TPSA) is 207 Å². The quantitative estimate of drug-likeness (QED) is 0.158. The van der Waals surface area contributed by atoms with Crippen molar-refractivity contribution >= 4 is 87.6 Å². The molecule has 0 heterocycles. The lowest BCUT2D eigenvalue weighted by atomic mass is 9.44. The van der Waals surface area contributed by atoms with E-state index in [4.69, 9.17) is 5.73 Å². The number of halogens is 3. The first-order chi connectivity index (χ1) is 31.6. The van der Waals surface area contributed by atoms with Gasteiger partial charge in [-0.15, -0.1) is 12.4 Å². The number of carboxylic acids is 1. The molecule has 10 aliphatic rings. The molecule has 5 N–H and O–H groups in total. The maximum Gasteiger partial charge on any atom is 0.324 e. The molecule has 17 heteroatoms. The van der Waals surface area contributed by atoms with Crippen molar-refractivity contribution in [1.29, 1.82) is 0 Å². The number of sulfonamides is 2. The van der Waals surface area contributed by atoms with E-state index < -0.39 is 37.1 Å². The minimum atomic E-state index is -3.87. The molecule has 12 nitrogen and oxygen atoms in total. The third kappa shape index (κ3) is 10.7. The summed E-state index contributed by atoms with van der Waals surface area (Å²) in [6, 6.07) is 13.5. The van der Waals surface area contributed by atoms with Crippen molar-refractivity contribution in [2.24, 2.45) is 58.0 Å². The number of carbonyl (C=O) groups excluding carboxylic acids is 3. The molecule has 4 unspecified atom stereocenters. The second kappa shape index (κ2) is 20.8. The van der Waals surface area contributed by atoms with Crippen molar-refractivity contribution in [3.8, 4) is 0 Å². The highest BCUT2D eigenvalue weighted by molar-refractivity contribution is 9.10. The van der Waals surface area contributed by atoms with Gasteiger partial charge in [0.2, 0.25) is 20.0 Å². The maximum atomic E-state index is 13.9. The van der Waals surface area contributed by atoms with Crippen LogP contribution in [0, 0.1) is 52.3 Å². The fraction of sp³-hybridized carbons (Fsp3) is 0.686. The van der Waals surface area contributed by atoms with Crippen molar-refractivity contribution in [3.63, 3.8) is 0 Å². The summed E-state index contributed by atoms with van der Waals surface area (Å²) in [6.45, 7) is 3.54. The molecule has 376 valence electrons. The summed E-state index contributed by atoms with van der Waals surface area (Å²) >= 11 is 6.54. The largest absolute Gasteiger partial charge is 0.480 e. The number of carboxylic acid groups (broad SMARTS) is 1. The van der Waals surface area contributed by atoms with E-state index in [-0.39, 0.29) is 44.7 Å². The van der Waals surface area contributed by atoms with Crippen LogP contribution in [0.2, 0.25) is 0 Å². The van der Waals surface area contributed by atoms with Crippen molar-refractivity contribution in [2.45, 2.75) is 176 Å². The molecular weight excluding hydrogens is 1060 g/mol. The predicted molar refractivity (Wildman–Crippen MR) is 270 cm³/mol. The normalized spacial score (nSPS) is 33.7. The second-order valence-corrected chi connectivity index (χ2v) is 27.2. The van der Waals surface area contributed by atoms with E-state index in [0.717, 1.165) is 76.5 Å². The number of aliphatic carboxylic acids is 1. The highest BCUT2D eigenvalue weighted by atomic mass is 79.9. The lowest BCUT2D eigenvalue weighted by Gasteiger charge is -2.59. The first-order valence-electron chi connectivity index (χ1n) is 24.7. The third-order valence-electron chi connectivity index (χ3n) is 18.0. The van der Waals surface area contributed by atoms with Crippen LogP contribution in [0.3, 0.4) is 0 Å². The Morgan fingerprint density at radius 3 is 1.37 bits per heavy atom. The first-order valence-corrected chi connectivity index (χ1v) is 29.3. The SMILES string of the molecule is CC(=O)C12CC3CC(C1)C(CC(=O)C1(NS(=O)(=O)c4ccccc4Br)CCCCC1)C(C3)C2.CC(=O)C12CC3CC(C1)C(N)C(C3)C2.Cl.O=C(O)C1(NS(=O)(=O)c2ccccc2Br)CCCCC1. The minimum absolute atomic E-state index is 0. The standard InChI is InChI=1S/C26H34BrNO4S.C13H16BrNO4S.C12H19NO.ClH/c1-17(29)25-14-18-11-19(15-25)21(20(12-18)16-25)13-24(30)26(9-5-2-6-10-26)28-33(31,32)23-8-4-3-7-22(23)27;14-10-6-2-3-7-11(10)20(18,19)15-13(12(16)17)8-4-1-5-9-13;1-7(14)12-4-8-2-9(5-12)11(13)10(3-8)6-12;/h3-4,7-8,18-21,28H,2,5-6,9-16H2,1H3;2-3,6-7,15H,1,4-5,8-9H2,(H,16,17);8-11H,2-6,13H2,1H3;1H. The molecule has 10 aliphatic carbocycles. The number of hydrogen-bond acceptors (Lipinski definition) is 9. The lowest BCUT2D eigenvalue weighted by Crippen LogP contribution is -2.58. The zero-order chi connectivity index (χ0) is 48.2. The number of nitrogens with two attached hydrogens (primary N) is 1. The van der Waals surface area contributed by atoms with Crippen LogP contribution in [-0.2, 0) is 39.2 Å². The predicted octanol–water partition coefficient (Wildman–Crippen LogP) is 10.1. The Balaban J connectivity index is 0.000000166. The van der Waals surface area contributed by atoms with Crippen LogP contribution in [0.4, 0.5) is 0 Å². The molecule has 2 aromatic carbocycles. The Kier molecular flexibility index (Phi) is 16.5. The Morgan fingerprint density at radius 1 is 0.603 bits per heavy atom. The zero-order valence-electron chi connectivity index (χ0n) is 39.4. The molecule has 0 amide bonds. The van der Waals surface area contributed by atoms with Gasteiger partial charge in [-0.25, -0.2) is 16.8 Å². The molecule has 12 rings (SSSR count). The third-order valence-corrected chi connectivity index (χ3v) is 23.1. The van der Waals surface area contributed by atoms with Gasteiger partial charge in [-0.1, -0.05) is 62.8 Å². The molecule has 68 heavy (non-hydrogen) atoms. The van der Waals surface area contributed by atoms with Crippen LogP contribution in [0.5, 0.6) is 0 Å². The fourth-order valence-electron chi connectivity index (χ4n) is 14.9. The van der Waals surface area contributed by atoms with Gasteiger partial charge in [0.15, 0.2) is 5.78 Å². The molecule has 8 bridgehead atoms. The monoisotopic (exact) mass is 1130 g/mol.